The van der Waals surface area contributed by atoms with Crippen LogP contribution in [0.4, 0.5) is 0 Å². The van der Waals surface area contributed by atoms with Crippen molar-refractivity contribution in [3.63, 3.8) is 0 Å². The molecule has 0 saturated heterocycles. The molecule has 4 nitrogen and oxygen atoms in total. The summed E-state index contributed by atoms with van der Waals surface area (Å²) >= 11 is 0. The average Bonchev–Trinajstić information content (AvgIpc) is 2.42. The standard InChI is InChI=1S/C18H30N2O2/c1-13-8-7-9-14(2)17(13)22-12-15(18(3,4)5)20-16(21)10-11-19-6/h7-9,15,19H,10-12H2,1-6H3,(H,20,21). The molecule has 4 heteroatoms. The molecule has 22 heavy (non-hydrogen) atoms. The van der Waals surface area contributed by atoms with Gasteiger partial charge in [0.1, 0.15) is 12.4 Å². The van der Waals surface area contributed by atoms with Crippen LogP contribution in [0.5, 0.6) is 5.75 Å². The van der Waals surface area contributed by atoms with E-state index in [1.54, 1.807) is 0 Å². The number of carbonyl (C=O) groups excluding carboxylic acids is 1. The van der Waals surface area contributed by atoms with Crippen molar-refractivity contribution in [1.29, 1.82) is 0 Å². The van der Waals surface area contributed by atoms with Gasteiger partial charge in [0.25, 0.3) is 0 Å². The maximum Gasteiger partial charge on any atom is 0.221 e. The van der Waals surface area contributed by atoms with Gasteiger partial charge >= 0.3 is 0 Å². The highest BCUT2D eigenvalue weighted by atomic mass is 16.5. The van der Waals surface area contributed by atoms with Crippen LogP contribution in [0.25, 0.3) is 0 Å². The Kier molecular flexibility index (Phi) is 6.88. The lowest BCUT2D eigenvalue weighted by molar-refractivity contribution is -0.122. The molecular formula is C18H30N2O2. The molecule has 0 heterocycles. The largest absolute Gasteiger partial charge is 0.491 e. The molecule has 0 spiro atoms. The van der Waals surface area contributed by atoms with Crippen molar-refractivity contribution in [2.24, 2.45) is 5.41 Å². The van der Waals surface area contributed by atoms with E-state index in [0.29, 0.717) is 19.6 Å². The summed E-state index contributed by atoms with van der Waals surface area (Å²) in [5.41, 5.74) is 2.18. The Morgan fingerprint density at radius 3 is 2.32 bits per heavy atom. The molecule has 1 amide bonds. The molecule has 1 unspecified atom stereocenters. The van der Waals surface area contributed by atoms with Crippen molar-refractivity contribution in [1.82, 2.24) is 10.6 Å². The minimum Gasteiger partial charge on any atom is -0.491 e. The minimum atomic E-state index is -0.0636. The summed E-state index contributed by atoms with van der Waals surface area (Å²) in [7, 11) is 1.85. The number of para-hydroxylation sites is 1. The first-order valence-electron chi connectivity index (χ1n) is 7.88. The summed E-state index contributed by atoms with van der Waals surface area (Å²) in [5.74, 6) is 0.973. The molecule has 0 aliphatic heterocycles. The predicted molar refractivity (Wildman–Crippen MR) is 91.3 cm³/mol. The predicted octanol–water partition coefficient (Wildman–Crippen LogP) is 2.82. The fraction of sp³-hybridized carbons (Fsp3) is 0.611. The Morgan fingerprint density at radius 2 is 1.82 bits per heavy atom. The molecule has 0 saturated carbocycles. The van der Waals surface area contributed by atoms with Crippen LogP contribution in [-0.4, -0.2) is 32.1 Å². The normalized spacial score (nSPS) is 12.8. The molecule has 0 aliphatic carbocycles. The third-order valence-corrected chi connectivity index (χ3v) is 3.79. The van der Waals surface area contributed by atoms with Crippen LogP contribution in [0.15, 0.2) is 18.2 Å². The lowest BCUT2D eigenvalue weighted by atomic mass is 9.87. The van der Waals surface area contributed by atoms with Gasteiger partial charge in [-0.05, 0) is 37.4 Å². The average molecular weight is 306 g/mol. The highest BCUT2D eigenvalue weighted by Crippen LogP contribution is 2.25. The second-order valence-electron chi connectivity index (χ2n) is 6.87. The number of carbonyl (C=O) groups is 1. The Hall–Kier alpha value is -1.55. The van der Waals surface area contributed by atoms with E-state index in [4.69, 9.17) is 4.74 Å². The number of hydrogen-bond acceptors (Lipinski definition) is 3. The Bertz CT molecular complexity index is 472. The molecular weight excluding hydrogens is 276 g/mol. The summed E-state index contributed by atoms with van der Waals surface area (Å²) in [6.45, 7) is 11.6. The van der Waals surface area contributed by atoms with Gasteiger partial charge in [0.2, 0.25) is 5.91 Å². The van der Waals surface area contributed by atoms with E-state index in [9.17, 15) is 4.79 Å². The lowest BCUT2D eigenvalue weighted by Crippen LogP contribution is -2.48. The van der Waals surface area contributed by atoms with Crippen LogP contribution in [0.1, 0.15) is 38.3 Å². The van der Waals surface area contributed by atoms with E-state index in [-0.39, 0.29) is 17.4 Å². The van der Waals surface area contributed by atoms with Crippen molar-refractivity contribution in [2.45, 2.75) is 47.1 Å². The van der Waals surface area contributed by atoms with E-state index in [1.165, 1.54) is 0 Å². The summed E-state index contributed by atoms with van der Waals surface area (Å²) in [6, 6.07) is 6.08. The number of nitrogens with one attached hydrogen (secondary N) is 2. The first-order chi connectivity index (χ1) is 10.3. The topological polar surface area (TPSA) is 50.4 Å². The monoisotopic (exact) mass is 306 g/mol. The summed E-state index contributed by atoms with van der Waals surface area (Å²) in [5, 5.41) is 6.09. The van der Waals surface area contributed by atoms with Crippen LogP contribution in [0, 0.1) is 19.3 Å². The molecule has 2 N–H and O–H groups in total. The molecule has 0 bridgehead atoms. The zero-order chi connectivity index (χ0) is 16.8. The van der Waals surface area contributed by atoms with Crippen molar-refractivity contribution >= 4 is 5.91 Å². The van der Waals surface area contributed by atoms with Crippen molar-refractivity contribution in [2.75, 3.05) is 20.2 Å². The zero-order valence-corrected chi connectivity index (χ0v) is 14.7. The molecule has 0 fully saturated rings. The van der Waals surface area contributed by atoms with Gasteiger partial charge in [0, 0.05) is 13.0 Å². The Labute approximate surface area is 134 Å². The number of ether oxygens (including phenoxy) is 1. The molecule has 124 valence electrons. The lowest BCUT2D eigenvalue weighted by Gasteiger charge is -2.32. The highest BCUT2D eigenvalue weighted by Gasteiger charge is 2.27. The van der Waals surface area contributed by atoms with Crippen LogP contribution in [0.2, 0.25) is 0 Å². The molecule has 0 aliphatic rings. The van der Waals surface area contributed by atoms with Crippen LogP contribution >= 0.6 is 0 Å². The first-order valence-corrected chi connectivity index (χ1v) is 7.88. The van der Waals surface area contributed by atoms with Crippen LogP contribution in [-0.2, 0) is 4.79 Å². The fourth-order valence-corrected chi connectivity index (χ4v) is 2.21. The number of benzene rings is 1. The van der Waals surface area contributed by atoms with Gasteiger partial charge < -0.3 is 15.4 Å². The number of amides is 1. The smallest absolute Gasteiger partial charge is 0.221 e. The number of rotatable bonds is 7. The van der Waals surface area contributed by atoms with E-state index >= 15 is 0 Å². The third kappa shape index (κ3) is 5.68. The van der Waals surface area contributed by atoms with Crippen molar-refractivity contribution < 1.29 is 9.53 Å². The third-order valence-electron chi connectivity index (χ3n) is 3.79. The maximum absolute atomic E-state index is 12.0. The molecule has 0 radical (unpaired) electrons. The minimum absolute atomic E-state index is 0.0316. The SMILES string of the molecule is CNCCC(=O)NC(COc1c(C)cccc1C)C(C)(C)C. The van der Waals surface area contributed by atoms with Crippen LogP contribution in [0.3, 0.4) is 0 Å². The quantitative estimate of drug-likeness (QED) is 0.814. The van der Waals surface area contributed by atoms with Gasteiger partial charge in [0.05, 0.1) is 6.04 Å². The molecule has 1 rings (SSSR count). The molecule has 1 atom stereocenters. The summed E-state index contributed by atoms with van der Waals surface area (Å²) in [6.07, 6.45) is 0.479. The highest BCUT2D eigenvalue weighted by molar-refractivity contribution is 5.76. The molecule has 0 aromatic heterocycles. The maximum atomic E-state index is 12.0. The van der Waals surface area contributed by atoms with Gasteiger partial charge in [-0.15, -0.1) is 0 Å². The van der Waals surface area contributed by atoms with Gasteiger partial charge in [-0.3, -0.25) is 4.79 Å². The van der Waals surface area contributed by atoms with E-state index in [0.717, 1.165) is 16.9 Å². The van der Waals surface area contributed by atoms with Gasteiger partial charge in [-0.25, -0.2) is 0 Å². The molecule has 1 aromatic rings. The van der Waals surface area contributed by atoms with E-state index in [2.05, 4.69) is 31.4 Å². The van der Waals surface area contributed by atoms with Gasteiger partial charge in [-0.2, -0.15) is 0 Å². The summed E-state index contributed by atoms with van der Waals surface area (Å²) < 4.78 is 6.03. The second kappa shape index (κ2) is 8.18. The van der Waals surface area contributed by atoms with E-state index in [1.807, 2.05) is 39.1 Å². The van der Waals surface area contributed by atoms with Gasteiger partial charge in [0.15, 0.2) is 0 Å². The Morgan fingerprint density at radius 1 is 1.23 bits per heavy atom. The fourth-order valence-electron chi connectivity index (χ4n) is 2.21. The van der Waals surface area contributed by atoms with Crippen LogP contribution < -0.4 is 15.4 Å². The van der Waals surface area contributed by atoms with Gasteiger partial charge in [-0.1, -0.05) is 39.0 Å². The van der Waals surface area contributed by atoms with Crippen molar-refractivity contribution in [3.8, 4) is 5.75 Å². The van der Waals surface area contributed by atoms with E-state index < -0.39 is 0 Å². The zero-order valence-electron chi connectivity index (χ0n) is 14.7. The number of hydrogen-bond donors (Lipinski definition) is 2. The van der Waals surface area contributed by atoms with Crippen molar-refractivity contribution in [3.05, 3.63) is 29.3 Å². The first kappa shape index (κ1) is 18.5. The Balaban J connectivity index is 2.72. The second-order valence-corrected chi connectivity index (χ2v) is 6.87. The number of aryl methyl sites for hydroxylation is 2. The molecule has 1 aromatic carbocycles. The summed E-state index contributed by atoms with van der Waals surface area (Å²) in [4.78, 5) is 12.0.